The lowest BCUT2D eigenvalue weighted by molar-refractivity contribution is 0.309. The monoisotopic (exact) mass is 411 g/mol. The molecule has 0 amide bonds. The van der Waals surface area contributed by atoms with Crippen LogP contribution in [0.3, 0.4) is 0 Å². The number of hydrogen-bond donors (Lipinski definition) is 1. The molecule has 0 atom stereocenters. The smallest absolute Gasteiger partial charge is 0.146 e. The van der Waals surface area contributed by atoms with E-state index < -0.39 is 0 Å². The number of aromatic nitrogens is 2. The normalized spacial score (nSPS) is 11.1. The summed E-state index contributed by atoms with van der Waals surface area (Å²) in [6.45, 7) is 2.61. The van der Waals surface area contributed by atoms with Crippen LogP contribution in [0.4, 0.5) is 0 Å². The third-order valence-electron chi connectivity index (χ3n) is 4.66. The molecule has 2 aromatic carbocycles. The molecule has 0 saturated carbocycles. The molecule has 6 heteroatoms. The van der Waals surface area contributed by atoms with Gasteiger partial charge in [-0.15, -0.1) is 0 Å². The van der Waals surface area contributed by atoms with Crippen molar-refractivity contribution in [2.45, 2.75) is 20.1 Å². The maximum Gasteiger partial charge on any atom is 0.146 e. The van der Waals surface area contributed by atoms with E-state index in [1.807, 2.05) is 72.3 Å². The minimum absolute atomic E-state index is 0.236. The molecule has 2 aromatic heterocycles. The summed E-state index contributed by atoms with van der Waals surface area (Å²) in [6.07, 6.45) is 1.93. The van der Waals surface area contributed by atoms with Crippen LogP contribution in [0, 0.1) is 6.92 Å². The Balaban J connectivity index is 1.70. The molecule has 0 saturated heterocycles. The highest BCUT2D eigenvalue weighted by Crippen LogP contribution is 2.33. The standard InChI is InChI=1S/C22H19Cl2N3O/c1-14-7-8-15-4-2-6-20(22(15)26-14)28-13-17-18(23)9-10-19(21(17)24)27-11-3-5-16(27)12-25/h2-11H,12-13,25H2,1H3. The maximum absolute atomic E-state index is 6.70. The lowest BCUT2D eigenvalue weighted by atomic mass is 10.2. The second-order valence-corrected chi connectivity index (χ2v) is 7.29. The number of nitrogens with two attached hydrogens (primary N) is 1. The second-order valence-electron chi connectivity index (χ2n) is 6.50. The van der Waals surface area contributed by atoms with Gasteiger partial charge in [-0.2, -0.15) is 0 Å². The molecule has 0 aliphatic carbocycles. The summed E-state index contributed by atoms with van der Waals surface area (Å²) in [5, 5.41) is 2.12. The van der Waals surface area contributed by atoms with Gasteiger partial charge in [0.2, 0.25) is 0 Å². The number of aryl methyl sites for hydroxylation is 1. The summed E-state index contributed by atoms with van der Waals surface area (Å²) in [4.78, 5) is 4.60. The Kier molecular flexibility index (Phi) is 5.27. The average Bonchev–Trinajstić information content (AvgIpc) is 3.16. The van der Waals surface area contributed by atoms with Crippen molar-refractivity contribution in [3.8, 4) is 11.4 Å². The van der Waals surface area contributed by atoms with Gasteiger partial charge in [0, 0.05) is 40.1 Å². The van der Waals surface area contributed by atoms with Crippen LogP contribution >= 0.6 is 23.2 Å². The van der Waals surface area contributed by atoms with E-state index in [2.05, 4.69) is 4.98 Å². The van der Waals surface area contributed by atoms with Crippen LogP contribution in [0.25, 0.3) is 16.6 Å². The SMILES string of the molecule is Cc1ccc2cccc(OCc3c(Cl)ccc(-n4cccc4CN)c3Cl)c2n1. The van der Waals surface area contributed by atoms with Crippen molar-refractivity contribution in [2.75, 3.05) is 0 Å². The molecule has 2 N–H and O–H groups in total. The number of nitrogens with zero attached hydrogens (tertiary/aromatic N) is 2. The molecule has 142 valence electrons. The fraction of sp³-hybridized carbons (Fsp3) is 0.136. The largest absolute Gasteiger partial charge is 0.487 e. The molecule has 28 heavy (non-hydrogen) atoms. The van der Waals surface area contributed by atoms with E-state index >= 15 is 0 Å². The first-order valence-electron chi connectivity index (χ1n) is 8.91. The van der Waals surface area contributed by atoms with E-state index in [1.165, 1.54) is 0 Å². The molecule has 4 aromatic rings. The quantitative estimate of drug-likeness (QED) is 0.459. The van der Waals surface area contributed by atoms with Crippen molar-refractivity contribution in [2.24, 2.45) is 5.73 Å². The summed E-state index contributed by atoms with van der Waals surface area (Å²) in [5.74, 6) is 0.697. The van der Waals surface area contributed by atoms with E-state index in [4.69, 9.17) is 33.7 Å². The van der Waals surface area contributed by atoms with Gasteiger partial charge in [0.25, 0.3) is 0 Å². The zero-order chi connectivity index (χ0) is 19.7. The molecule has 4 nitrogen and oxygen atoms in total. The Morgan fingerprint density at radius 2 is 1.89 bits per heavy atom. The highest BCUT2D eigenvalue weighted by atomic mass is 35.5. The van der Waals surface area contributed by atoms with Crippen LogP contribution < -0.4 is 10.5 Å². The molecule has 0 fully saturated rings. The van der Waals surface area contributed by atoms with E-state index in [9.17, 15) is 0 Å². The van der Waals surface area contributed by atoms with Crippen molar-refractivity contribution < 1.29 is 4.74 Å². The summed E-state index contributed by atoms with van der Waals surface area (Å²) in [5.41, 5.74) is 10.1. The number of pyridine rings is 1. The van der Waals surface area contributed by atoms with Crippen LogP contribution in [0.1, 0.15) is 17.0 Å². The second kappa shape index (κ2) is 7.84. The lowest BCUT2D eigenvalue weighted by Crippen LogP contribution is -2.07. The molecule has 0 spiro atoms. The number of fused-ring (bicyclic) bond motifs is 1. The van der Waals surface area contributed by atoms with Gasteiger partial charge >= 0.3 is 0 Å². The van der Waals surface area contributed by atoms with Gasteiger partial charge in [0.05, 0.1) is 10.7 Å². The zero-order valence-corrected chi connectivity index (χ0v) is 16.8. The van der Waals surface area contributed by atoms with E-state index in [0.29, 0.717) is 22.3 Å². The minimum atomic E-state index is 0.236. The molecular formula is C22H19Cl2N3O. The molecule has 4 rings (SSSR count). The fourth-order valence-corrected chi connectivity index (χ4v) is 3.78. The zero-order valence-electron chi connectivity index (χ0n) is 15.3. The van der Waals surface area contributed by atoms with Gasteiger partial charge in [0.1, 0.15) is 17.9 Å². The third-order valence-corrected chi connectivity index (χ3v) is 5.44. The van der Waals surface area contributed by atoms with Gasteiger partial charge in [-0.3, -0.25) is 0 Å². The summed E-state index contributed by atoms with van der Waals surface area (Å²) in [7, 11) is 0. The first kappa shape index (κ1) is 18.8. The summed E-state index contributed by atoms with van der Waals surface area (Å²) >= 11 is 13.1. The number of rotatable bonds is 5. The van der Waals surface area contributed by atoms with E-state index in [0.717, 1.165) is 33.5 Å². The lowest BCUT2D eigenvalue weighted by Gasteiger charge is -2.16. The topological polar surface area (TPSA) is 53.1 Å². The Morgan fingerprint density at radius 1 is 1.04 bits per heavy atom. The van der Waals surface area contributed by atoms with E-state index in [-0.39, 0.29) is 6.61 Å². The minimum Gasteiger partial charge on any atom is -0.487 e. The van der Waals surface area contributed by atoms with Gasteiger partial charge in [-0.25, -0.2) is 4.98 Å². The van der Waals surface area contributed by atoms with Crippen molar-refractivity contribution >= 4 is 34.1 Å². The molecule has 2 heterocycles. The first-order valence-corrected chi connectivity index (χ1v) is 9.67. The first-order chi connectivity index (χ1) is 13.6. The predicted molar refractivity (Wildman–Crippen MR) is 114 cm³/mol. The van der Waals surface area contributed by atoms with Crippen molar-refractivity contribution in [3.05, 3.63) is 87.8 Å². The Morgan fingerprint density at radius 3 is 2.71 bits per heavy atom. The number of benzene rings is 2. The van der Waals surface area contributed by atoms with Crippen LogP contribution in [0.5, 0.6) is 5.75 Å². The number of ether oxygens (including phenoxy) is 1. The fourth-order valence-electron chi connectivity index (χ4n) is 3.21. The predicted octanol–water partition coefficient (Wildman–Crippen LogP) is 5.68. The molecule has 0 radical (unpaired) electrons. The van der Waals surface area contributed by atoms with Crippen LogP contribution in [0.2, 0.25) is 10.0 Å². The Labute approximate surface area is 173 Å². The van der Waals surface area contributed by atoms with Crippen LogP contribution in [-0.4, -0.2) is 9.55 Å². The number of halogens is 2. The highest BCUT2D eigenvalue weighted by molar-refractivity contribution is 6.37. The molecule has 0 aliphatic rings. The van der Waals surface area contributed by atoms with Gasteiger partial charge < -0.3 is 15.0 Å². The summed E-state index contributed by atoms with van der Waals surface area (Å²) < 4.78 is 8.05. The third kappa shape index (κ3) is 3.47. The molecular weight excluding hydrogens is 393 g/mol. The van der Waals surface area contributed by atoms with Crippen LogP contribution in [0.15, 0.2) is 60.8 Å². The number of para-hydroxylation sites is 1. The molecule has 0 bridgehead atoms. The van der Waals surface area contributed by atoms with Crippen LogP contribution in [-0.2, 0) is 13.2 Å². The molecule has 0 aliphatic heterocycles. The average molecular weight is 412 g/mol. The Hall–Kier alpha value is -2.53. The van der Waals surface area contributed by atoms with Gasteiger partial charge in [0.15, 0.2) is 0 Å². The highest BCUT2D eigenvalue weighted by Gasteiger charge is 2.15. The molecule has 0 unspecified atom stereocenters. The van der Waals surface area contributed by atoms with Crippen molar-refractivity contribution in [1.29, 1.82) is 0 Å². The van der Waals surface area contributed by atoms with Gasteiger partial charge in [-0.05, 0) is 43.3 Å². The maximum atomic E-state index is 6.70. The number of hydrogen-bond acceptors (Lipinski definition) is 3. The van der Waals surface area contributed by atoms with Crippen molar-refractivity contribution in [3.63, 3.8) is 0 Å². The van der Waals surface area contributed by atoms with Gasteiger partial charge in [-0.1, -0.05) is 41.4 Å². The Bertz CT molecular complexity index is 1150. The van der Waals surface area contributed by atoms with E-state index in [1.54, 1.807) is 0 Å². The van der Waals surface area contributed by atoms with Crippen molar-refractivity contribution in [1.82, 2.24) is 9.55 Å². The summed E-state index contributed by atoms with van der Waals surface area (Å²) in [6, 6.07) is 17.5.